The highest BCUT2D eigenvalue weighted by Crippen LogP contribution is 2.22. The molecule has 0 spiro atoms. The van der Waals surface area contributed by atoms with Gasteiger partial charge in [0.1, 0.15) is 30.0 Å². The molecule has 1 saturated heterocycles. The van der Waals surface area contributed by atoms with Gasteiger partial charge in [-0.15, -0.1) is 5.06 Å². The highest BCUT2D eigenvalue weighted by Gasteiger charge is 2.34. The van der Waals surface area contributed by atoms with E-state index in [9.17, 15) is 24.0 Å². The lowest BCUT2D eigenvalue weighted by molar-refractivity contribution is -0.169. The van der Waals surface area contributed by atoms with Crippen LogP contribution in [0.4, 0.5) is 9.59 Å². The number of hydroxylamine groups is 2. The second kappa shape index (κ2) is 18.8. The Balaban J connectivity index is 2.30. The number of ether oxygens (including phenoxy) is 5. The highest BCUT2D eigenvalue weighted by molar-refractivity contribution is 6.09. The molecule has 1 aromatic rings. The van der Waals surface area contributed by atoms with E-state index in [-0.39, 0.29) is 55.3 Å². The summed E-state index contributed by atoms with van der Waals surface area (Å²) in [6.07, 6.45) is -1.01. The van der Waals surface area contributed by atoms with Crippen molar-refractivity contribution >= 4 is 35.8 Å². The number of esters is 1. The van der Waals surface area contributed by atoms with Gasteiger partial charge in [0.05, 0.1) is 18.3 Å². The summed E-state index contributed by atoms with van der Waals surface area (Å²) in [5.41, 5.74) is -2.81. The maximum absolute atomic E-state index is 13.8. The average Bonchev–Trinajstić information content (AvgIpc) is 3.00. The van der Waals surface area contributed by atoms with Gasteiger partial charge in [-0.05, 0) is 108 Å². The summed E-state index contributed by atoms with van der Waals surface area (Å²) >= 11 is 0. The van der Waals surface area contributed by atoms with Gasteiger partial charge in [-0.2, -0.15) is 4.99 Å². The fourth-order valence-corrected chi connectivity index (χ4v) is 4.83. The number of methoxy groups -OCH3 is 1. The summed E-state index contributed by atoms with van der Waals surface area (Å²) in [5, 5.41) is 0.807. The number of piperidine rings is 1. The van der Waals surface area contributed by atoms with Crippen LogP contribution in [0.3, 0.4) is 0 Å². The van der Waals surface area contributed by atoms with Crippen molar-refractivity contribution in [1.82, 2.24) is 14.9 Å². The van der Waals surface area contributed by atoms with Crippen molar-refractivity contribution in [3.05, 3.63) is 35.4 Å². The summed E-state index contributed by atoms with van der Waals surface area (Å²) in [5.74, 6) is -1.33. The van der Waals surface area contributed by atoms with Gasteiger partial charge in [-0.25, -0.2) is 14.4 Å². The van der Waals surface area contributed by atoms with Crippen LogP contribution in [0, 0.1) is 0 Å². The Bertz CT molecular complexity index is 1440. The van der Waals surface area contributed by atoms with Gasteiger partial charge in [-0.1, -0.05) is 12.1 Å². The van der Waals surface area contributed by atoms with Crippen LogP contribution in [0.1, 0.15) is 112 Å². The van der Waals surface area contributed by atoms with Crippen molar-refractivity contribution < 1.29 is 52.5 Å². The summed E-state index contributed by atoms with van der Waals surface area (Å²) in [4.78, 5) is 78.8. The first-order chi connectivity index (χ1) is 24.3. The molecule has 0 unspecified atom stereocenters. The number of carbonyl (C=O) groups is 5. The second-order valence-electron chi connectivity index (χ2n) is 16.7. The Kier molecular flexibility index (Phi) is 16.0. The lowest BCUT2D eigenvalue weighted by Gasteiger charge is -2.33. The molecule has 0 saturated carbocycles. The predicted molar refractivity (Wildman–Crippen MR) is 197 cm³/mol. The minimum Gasteiger partial charge on any atom is -0.458 e. The topological polar surface area (TPSA) is 163 Å². The predicted octanol–water partition coefficient (Wildman–Crippen LogP) is 5.77. The van der Waals surface area contributed by atoms with E-state index in [2.05, 4.69) is 4.99 Å². The van der Waals surface area contributed by atoms with Crippen molar-refractivity contribution in [2.75, 3.05) is 46.5 Å². The molecule has 298 valence electrons. The molecule has 1 aromatic carbocycles. The van der Waals surface area contributed by atoms with Crippen molar-refractivity contribution in [2.24, 2.45) is 4.99 Å². The van der Waals surface area contributed by atoms with E-state index in [1.54, 1.807) is 88.0 Å². The van der Waals surface area contributed by atoms with Gasteiger partial charge in [0.25, 0.3) is 5.91 Å². The molecule has 1 fully saturated rings. The molecule has 0 atom stereocenters. The monoisotopic (exact) mass is 748 g/mol. The molecule has 0 radical (unpaired) electrons. The van der Waals surface area contributed by atoms with Crippen LogP contribution in [0.15, 0.2) is 29.3 Å². The molecular weight excluding hydrogens is 688 g/mol. The first-order valence-corrected chi connectivity index (χ1v) is 17.8. The zero-order chi connectivity index (χ0) is 40.4. The van der Waals surface area contributed by atoms with Crippen molar-refractivity contribution in [3.63, 3.8) is 0 Å². The number of amides is 4. The largest absolute Gasteiger partial charge is 0.458 e. The third kappa shape index (κ3) is 17.1. The molecule has 1 aliphatic rings. The Morgan fingerprint density at radius 3 is 1.77 bits per heavy atom. The van der Waals surface area contributed by atoms with Crippen LogP contribution < -0.4 is 0 Å². The summed E-state index contributed by atoms with van der Waals surface area (Å²) in [6, 6.07) is 6.03. The second-order valence-corrected chi connectivity index (χ2v) is 16.7. The zero-order valence-electron chi connectivity index (χ0n) is 33.8. The van der Waals surface area contributed by atoms with Crippen LogP contribution in [-0.2, 0) is 38.1 Å². The molecule has 2 rings (SSSR count). The first kappa shape index (κ1) is 45.1. The molecule has 0 aliphatic carbocycles. The lowest BCUT2D eigenvalue weighted by Crippen LogP contribution is -2.47. The van der Waals surface area contributed by atoms with Crippen LogP contribution in [0.5, 0.6) is 0 Å². The number of aliphatic imine (C=N–C) groups is 1. The van der Waals surface area contributed by atoms with Crippen LogP contribution in [0.2, 0.25) is 0 Å². The normalized spacial score (nSPS) is 14.7. The minimum absolute atomic E-state index is 0.148. The number of hydrogen-bond donors (Lipinski definition) is 0. The third-order valence-corrected chi connectivity index (χ3v) is 6.93. The molecule has 4 amide bonds. The van der Waals surface area contributed by atoms with Crippen molar-refractivity contribution in [1.29, 1.82) is 0 Å². The SMILES string of the molecule is COCCN(CC(=O)N1CCC(OCC(=O)OC(C)(C)C)CC1)C(=O)c1ccc(C(=NC(=O)OC(C)(C)C)N(OC(C)(C)C)C(=O)OC(C)(C)C)cc1. The molecule has 1 aliphatic heterocycles. The first-order valence-electron chi connectivity index (χ1n) is 17.8. The number of likely N-dealkylation sites (tertiary alicyclic amines) is 1. The number of nitrogens with zero attached hydrogens (tertiary/aromatic N) is 4. The van der Waals surface area contributed by atoms with E-state index >= 15 is 0 Å². The Labute approximate surface area is 314 Å². The van der Waals surface area contributed by atoms with Gasteiger partial charge < -0.3 is 33.5 Å². The van der Waals surface area contributed by atoms with Gasteiger partial charge in [0.2, 0.25) is 5.91 Å². The maximum atomic E-state index is 13.8. The lowest BCUT2D eigenvalue weighted by atomic mass is 10.1. The number of benzene rings is 1. The minimum atomic E-state index is -0.971. The summed E-state index contributed by atoms with van der Waals surface area (Å²) in [6.45, 7) is 21.4. The van der Waals surface area contributed by atoms with Crippen molar-refractivity contribution in [2.45, 2.75) is 124 Å². The fourth-order valence-electron chi connectivity index (χ4n) is 4.83. The van der Waals surface area contributed by atoms with E-state index in [4.69, 9.17) is 28.5 Å². The standard InChI is InChI=1S/C38H60N4O11/c1-35(2,3)50-30(44)25-49-28-18-20-40(21-19-28)29(43)24-41(22-23-48-13)32(45)27-16-14-26(15-17-27)31(39-33(46)51-36(4,5)6)42(53-38(10,11)12)34(47)52-37(7,8)9/h14-17,28H,18-25H2,1-13H3. The van der Waals surface area contributed by atoms with Crippen LogP contribution in [0.25, 0.3) is 0 Å². The van der Waals surface area contributed by atoms with E-state index in [1.807, 2.05) is 0 Å². The Morgan fingerprint density at radius 2 is 1.28 bits per heavy atom. The number of rotatable bonds is 11. The van der Waals surface area contributed by atoms with E-state index < -0.39 is 46.5 Å². The van der Waals surface area contributed by atoms with Crippen molar-refractivity contribution in [3.8, 4) is 0 Å². The van der Waals surface area contributed by atoms with Crippen LogP contribution in [-0.4, -0.2) is 126 Å². The molecule has 0 aromatic heterocycles. The maximum Gasteiger partial charge on any atom is 0.440 e. The Morgan fingerprint density at radius 1 is 0.755 bits per heavy atom. The van der Waals surface area contributed by atoms with Crippen LogP contribution >= 0.6 is 0 Å². The van der Waals surface area contributed by atoms with E-state index in [0.717, 1.165) is 5.06 Å². The summed E-state index contributed by atoms with van der Waals surface area (Å²) in [7, 11) is 1.50. The molecule has 15 heteroatoms. The summed E-state index contributed by atoms with van der Waals surface area (Å²) < 4.78 is 27.3. The smallest absolute Gasteiger partial charge is 0.440 e. The molecule has 0 bridgehead atoms. The van der Waals surface area contributed by atoms with Gasteiger partial charge >= 0.3 is 18.2 Å². The Hall–Kier alpha value is -4.08. The average molecular weight is 749 g/mol. The third-order valence-electron chi connectivity index (χ3n) is 6.93. The van der Waals surface area contributed by atoms with Gasteiger partial charge in [0.15, 0.2) is 5.84 Å². The van der Waals surface area contributed by atoms with Gasteiger partial charge in [0, 0.05) is 37.9 Å². The number of amidine groups is 1. The number of carbonyl (C=O) groups excluding carboxylic acids is 5. The van der Waals surface area contributed by atoms with Gasteiger partial charge in [-0.3, -0.25) is 14.4 Å². The molecular formula is C38H60N4O11. The zero-order valence-corrected chi connectivity index (χ0v) is 33.8. The number of hydrogen-bond acceptors (Lipinski definition) is 11. The molecule has 1 heterocycles. The van der Waals surface area contributed by atoms with E-state index in [1.165, 1.54) is 36.3 Å². The quantitative estimate of drug-likeness (QED) is 0.0887. The van der Waals surface area contributed by atoms with E-state index in [0.29, 0.717) is 25.9 Å². The molecule has 15 nitrogen and oxygen atoms in total. The highest BCUT2D eigenvalue weighted by atomic mass is 16.7. The molecule has 0 N–H and O–H groups in total. The fraction of sp³-hybridized carbons (Fsp3) is 0.684. The molecule has 53 heavy (non-hydrogen) atoms.